The number of amides is 2. The maximum absolute atomic E-state index is 12.0. The predicted molar refractivity (Wildman–Crippen MR) is 67.0 cm³/mol. The lowest BCUT2D eigenvalue weighted by atomic mass is 10.2. The van der Waals surface area contributed by atoms with Gasteiger partial charge in [0.15, 0.2) is 0 Å². The van der Waals surface area contributed by atoms with Crippen molar-refractivity contribution in [3.8, 4) is 0 Å². The second-order valence-corrected chi connectivity index (χ2v) is 4.66. The molecule has 2 rings (SSSR count). The molecule has 2 heterocycles. The largest absolute Gasteiger partial charge is 0.467 e. The van der Waals surface area contributed by atoms with E-state index in [0.29, 0.717) is 25.3 Å². The van der Waals surface area contributed by atoms with Crippen LogP contribution in [0.2, 0.25) is 0 Å². The molecule has 1 fully saturated rings. The molecule has 6 heteroatoms. The van der Waals surface area contributed by atoms with Gasteiger partial charge in [-0.1, -0.05) is 0 Å². The summed E-state index contributed by atoms with van der Waals surface area (Å²) in [5, 5.41) is 12.1. The summed E-state index contributed by atoms with van der Waals surface area (Å²) in [6.07, 6.45) is 1.87. The fourth-order valence-electron chi connectivity index (χ4n) is 2.25. The van der Waals surface area contributed by atoms with Gasteiger partial charge in [-0.2, -0.15) is 0 Å². The standard InChI is InChI=1S/C13H18N2O4/c1-9(16)13(18)15-6-2-5-11(15)12(17)14-8-10-4-3-7-19-10/h3-4,7,9,11,16H,2,5-6,8H2,1H3,(H,14,17). The fourth-order valence-corrected chi connectivity index (χ4v) is 2.25. The van der Waals surface area contributed by atoms with Gasteiger partial charge in [0, 0.05) is 6.54 Å². The van der Waals surface area contributed by atoms with Crippen molar-refractivity contribution >= 4 is 11.8 Å². The van der Waals surface area contributed by atoms with Gasteiger partial charge in [0.1, 0.15) is 17.9 Å². The molecule has 0 spiro atoms. The van der Waals surface area contributed by atoms with E-state index in [1.54, 1.807) is 18.4 Å². The molecule has 0 bridgehead atoms. The summed E-state index contributed by atoms with van der Waals surface area (Å²) in [4.78, 5) is 25.3. The first-order chi connectivity index (χ1) is 9.09. The van der Waals surface area contributed by atoms with Crippen LogP contribution in [0.5, 0.6) is 0 Å². The highest BCUT2D eigenvalue weighted by atomic mass is 16.3. The van der Waals surface area contributed by atoms with Gasteiger partial charge in [-0.3, -0.25) is 9.59 Å². The van der Waals surface area contributed by atoms with Crippen molar-refractivity contribution in [1.82, 2.24) is 10.2 Å². The molecule has 6 nitrogen and oxygen atoms in total. The third kappa shape index (κ3) is 3.14. The number of aliphatic hydroxyl groups is 1. The summed E-state index contributed by atoms with van der Waals surface area (Å²) < 4.78 is 5.12. The predicted octanol–water partition coefficient (Wildman–Crippen LogP) is 0.268. The van der Waals surface area contributed by atoms with Gasteiger partial charge in [0.25, 0.3) is 5.91 Å². The number of likely N-dealkylation sites (tertiary alicyclic amines) is 1. The topological polar surface area (TPSA) is 82.8 Å². The van der Waals surface area contributed by atoms with Crippen LogP contribution in [-0.2, 0) is 16.1 Å². The molecule has 2 N–H and O–H groups in total. The zero-order chi connectivity index (χ0) is 13.8. The second kappa shape index (κ2) is 5.88. The Morgan fingerprint density at radius 3 is 3.05 bits per heavy atom. The molecule has 0 saturated carbocycles. The van der Waals surface area contributed by atoms with Crippen molar-refractivity contribution in [2.24, 2.45) is 0 Å². The number of aliphatic hydroxyl groups excluding tert-OH is 1. The van der Waals surface area contributed by atoms with Gasteiger partial charge in [0.05, 0.1) is 12.8 Å². The van der Waals surface area contributed by atoms with Crippen molar-refractivity contribution in [3.63, 3.8) is 0 Å². The van der Waals surface area contributed by atoms with Crippen LogP contribution in [0.4, 0.5) is 0 Å². The average molecular weight is 266 g/mol. The molecular formula is C13H18N2O4. The minimum absolute atomic E-state index is 0.206. The summed E-state index contributed by atoms with van der Waals surface area (Å²) >= 11 is 0. The zero-order valence-electron chi connectivity index (χ0n) is 10.8. The third-order valence-electron chi connectivity index (χ3n) is 3.21. The highest BCUT2D eigenvalue weighted by Crippen LogP contribution is 2.18. The Morgan fingerprint density at radius 1 is 1.63 bits per heavy atom. The molecule has 1 aromatic rings. The number of carbonyl (C=O) groups is 2. The smallest absolute Gasteiger partial charge is 0.251 e. The van der Waals surface area contributed by atoms with Crippen molar-refractivity contribution in [2.75, 3.05) is 6.54 Å². The van der Waals surface area contributed by atoms with E-state index in [-0.39, 0.29) is 5.91 Å². The minimum Gasteiger partial charge on any atom is -0.467 e. The normalized spacial score (nSPS) is 20.3. The molecule has 0 aliphatic carbocycles. The number of hydrogen-bond acceptors (Lipinski definition) is 4. The van der Waals surface area contributed by atoms with Gasteiger partial charge in [-0.05, 0) is 31.9 Å². The highest BCUT2D eigenvalue weighted by molar-refractivity contribution is 5.89. The maximum atomic E-state index is 12.0. The molecule has 1 saturated heterocycles. The first kappa shape index (κ1) is 13.6. The SMILES string of the molecule is CC(O)C(=O)N1CCCC1C(=O)NCc1ccco1. The lowest BCUT2D eigenvalue weighted by molar-refractivity contribution is -0.144. The molecular weight excluding hydrogens is 248 g/mol. The summed E-state index contributed by atoms with van der Waals surface area (Å²) in [6.45, 7) is 2.24. The maximum Gasteiger partial charge on any atom is 0.251 e. The van der Waals surface area contributed by atoms with Crippen LogP contribution < -0.4 is 5.32 Å². The van der Waals surface area contributed by atoms with E-state index < -0.39 is 18.1 Å². The van der Waals surface area contributed by atoms with E-state index in [2.05, 4.69) is 5.32 Å². The Morgan fingerprint density at radius 2 is 2.42 bits per heavy atom. The molecule has 1 aliphatic heterocycles. The minimum atomic E-state index is -1.07. The Balaban J connectivity index is 1.92. The molecule has 2 unspecified atom stereocenters. The van der Waals surface area contributed by atoms with E-state index in [1.165, 1.54) is 11.8 Å². The fraction of sp³-hybridized carbons (Fsp3) is 0.538. The molecule has 2 amide bonds. The van der Waals surface area contributed by atoms with Crippen molar-refractivity contribution in [2.45, 2.75) is 38.5 Å². The summed E-state index contributed by atoms with van der Waals surface area (Å²) in [5.74, 6) is 0.0679. The Hall–Kier alpha value is -1.82. The molecule has 1 aliphatic rings. The Labute approximate surface area is 111 Å². The van der Waals surface area contributed by atoms with E-state index in [0.717, 1.165) is 6.42 Å². The molecule has 0 radical (unpaired) electrons. The summed E-state index contributed by atoms with van der Waals surface area (Å²) in [7, 11) is 0. The van der Waals surface area contributed by atoms with Crippen LogP contribution >= 0.6 is 0 Å². The molecule has 1 aromatic heterocycles. The van der Waals surface area contributed by atoms with Crippen LogP contribution in [0.1, 0.15) is 25.5 Å². The van der Waals surface area contributed by atoms with Crippen LogP contribution in [0, 0.1) is 0 Å². The van der Waals surface area contributed by atoms with Gasteiger partial charge < -0.3 is 19.7 Å². The number of furan rings is 1. The van der Waals surface area contributed by atoms with Crippen molar-refractivity contribution in [1.29, 1.82) is 0 Å². The number of hydrogen-bond donors (Lipinski definition) is 2. The lowest BCUT2D eigenvalue weighted by Crippen LogP contribution is -2.48. The lowest BCUT2D eigenvalue weighted by Gasteiger charge is -2.24. The number of rotatable bonds is 4. The van der Waals surface area contributed by atoms with Gasteiger partial charge >= 0.3 is 0 Å². The first-order valence-corrected chi connectivity index (χ1v) is 6.38. The number of carbonyl (C=O) groups excluding carboxylic acids is 2. The second-order valence-electron chi connectivity index (χ2n) is 4.66. The summed E-state index contributed by atoms with van der Waals surface area (Å²) in [5.41, 5.74) is 0. The Bertz CT molecular complexity index is 442. The number of nitrogens with one attached hydrogen (secondary N) is 1. The summed E-state index contributed by atoms with van der Waals surface area (Å²) in [6, 6.07) is 3.03. The van der Waals surface area contributed by atoms with Gasteiger partial charge in [0.2, 0.25) is 5.91 Å². The molecule has 0 aromatic carbocycles. The zero-order valence-corrected chi connectivity index (χ0v) is 10.8. The number of nitrogens with zero attached hydrogens (tertiary/aromatic N) is 1. The molecule has 19 heavy (non-hydrogen) atoms. The molecule has 104 valence electrons. The van der Waals surface area contributed by atoms with E-state index in [9.17, 15) is 14.7 Å². The van der Waals surface area contributed by atoms with Crippen LogP contribution in [-0.4, -0.2) is 40.5 Å². The van der Waals surface area contributed by atoms with Gasteiger partial charge in [-0.15, -0.1) is 0 Å². The Kier molecular flexibility index (Phi) is 4.21. The average Bonchev–Trinajstić information content (AvgIpc) is 3.05. The van der Waals surface area contributed by atoms with Gasteiger partial charge in [-0.25, -0.2) is 0 Å². The van der Waals surface area contributed by atoms with E-state index in [4.69, 9.17) is 4.42 Å². The molecule has 2 atom stereocenters. The quantitative estimate of drug-likeness (QED) is 0.819. The van der Waals surface area contributed by atoms with Crippen LogP contribution in [0.25, 0.3) is 0 Å². The van der Waals surface area contributed by atoms with Crippen molar-refractivity contribution in [3.05, 3.63) is 24.2 Å². The third-order valence-corrected chi connectivity index (χ3v) is 3.21. The van der Waals surface area contributed by atoms with Crippen molar-refractivity contribution < 1.29 is 19.1 Å². The monoisotopic (exact) mass is 266 g/mol. The van der Waals surface area contributed by atoms with Crippen LogP contribution in [0.3, 0.4) is 0 Å². The first-order valence-electron chi connectivity index (χ1n) is 6.38. The van der Waals surface area contributed by atoms with E-state index in [1.807, 2.05) is 0 Å². The van der Waals surface area contributed by atoms with Crippen LogP contribution in [0.15, 0.2) is 22.8 Å². The van der Waals surface area contributed by atoms with E-state index >= 15 is 0 Å². The highest BCUT2D eigenvalue weighted by Gasteiger charge is 2.35.